The molecule has 0 aliphatic carbocycles. The molecule has 0 bridgehead atoms. The van der Waals surface area contributed by atoms with Crippen molar-refractivity contribution in [2.45, 2.75) is 32.3 Å². The number of nitrogens with one attached hydrogen (secondary N) is 1. The molecule has 154 valence electrons. The maximum atomic E-state index is 11.9. The molecule has 0 aromatic heterocycles. The zero-order valence-corrected chi connectivity index (χ0v) is 16.6. The molecule has 2 N–H and O–H groups in total. The third-order valence-electron chi connectivity index (χ3n) is 4.22. The molecule has 6 heteroatoms. The molecule has 6 nitrogen and oxygen atoms in total. The topological polar surface area (TPSA) is 84.9 Å². The number of carbonyl (C=O) groups is 2. The van der Waals surface area contributed by atoms with Gasteiger partial charge < -0.3 is 19.9 Å². The van der Waals surface area contributed by atoms with Crippen LogP contribution in [0.4, 0.5) is 0 Å². The Kier molecular flexibility index (Phi) is 9.29. The van der Waals surface area contributed by atoms with E-state index in [0.717, 1.165) is 24.0 Å². The Bertz CT molecular complexity index is 817. The zero-order valence-electron chi connectivity index (χ0n) is 16.6. The molecule has 2 aromatic rings. The van der Waals surface area contributed by atoms with Crippen molar-refractivity contribution in [2.24, 2.45) is 0 Å². The lowest BCUT2D eigenvalue weighted by atomic mass is 10.1. The molecule has 0 radical (unpaired) electrons. The lowest BCUT2D eigenvalue weighted by Crippen LogP contribution is -2.22. The fraction of sp³-hybridized carbons (Fsp3) is 0.304. The van der Waals surface area contributed by atoms with Gasteiger partial charge in [-0.3, -0.25) is 9.59 Å². The number of benzene rings is 2. The fourth-order valence-corrected chi connectivity index (χ4v) is 2.66. The van der Waals surface area contributed by atoms with Gasteiger partial charge in [0.25, 0.3) is 0 Å². The van der Waals surface area contributed by atoms with Crippen LogP contribution < -0.4 is 14.8 Å². The number of hydrogen-bond donors (Lipinski definition) is 2. The molecule has 29 heavy (non-hydrogen) atoms. The van der Waals surface area contributed by atoms with Gasteiger partial charge in [0.2, 0.25) is 5.91 Å². The Balaban J connectivity index is 1.80. The van der Waals surface area contributed by atoms with Crippen molar-refractivity contribution in [3.05, 3.63) is 65.7 Å². The summed E-state index contributed by atoms with van der Waals surface area (Å²) in [5.41, 5.74) is 1.89. The number of methoxy groups -OCH3 is 1. The predicted octanol–water partition coefficient (Wildman–Crippen LogP) is 4.05. The zero-order chi connectivity index (χ0) is 20.9. The Morgan fingerprint density at radius 2 is 1.83 bits per heavy atom. The number of rotatable bonds is 12. The van der Waals surface area contributed by atoms with Gasteiger partial charge in [-0.2, -0.15) is 0 Å². The first-order valence-corrected chi connectivity index (χ1v) is 9.61. The molecule has 2 rings (SSSR count). The average molecular weight is 397 g/mol. The molecule has 0 fully saturated rings. The Morgan fingerprint density at radius 3 is 2.55 bits per heavy atom. The second kappa shape index (κ2) is 12.2. The first kappa shape index (κ1) is 22.0. The van der Waals surface area contributed by atoms with Crippen LogP contribution >= 0.6 is 0 Å². The third kappa shape index (κ3) is 8.51. The number of ether oxygens (including phenoxy) is 2. The Hall–Kier alpha value is -3.28. The first-order chi connectivity index (χ1) is 14.1. The molecule has 0 spiro atoms. The predicted molar refractivity (Wildman–Crippen MR) is 112 cm³/mol. The highest BCUT2D eigenvalue weighted by molar-refractivity contribution is 5.91. The van der Waals surface area contributed by atoms with E-state index in [1.54, 1.807) is 13.2 Å². The summed E-state index contributed by atoms with van der Waals surface area (Å²) in [6.45, 7) is 0.972. The van der Waals surface area contributed by atoms with Crippen LogP contribution in [0, 0.1) is 0 Å². The van der Waals surface area contributed by atoms with E-state index in [1.807, 2.05) is 48.5 Å². The summed E-state index contributed by atoms with van der Waals surface area (Å²) in [5, 5.41) is 11.4. The Morgan fingerprint density at radius 1 is 1.03 bits per heavy atom. The van der Waals surface area contributed by atoms with Gasteiger partial charge in [0.1, 0.15) is 6.61 Å². The fourth-order valence-electron chi connectivity index (χ4n) is 2.66. The molecule has 0 saturated carbocycles. The molecule has 0 aliphatic heterocycles. The van der Waals surface area contributed by atoms with Crippen molar-refractivity contribution in [2.75, 3.05) is 13.7 Å². The third-order valence-corrected chi connectivity index (χ3v) is 4.22. The molecule has 2 aromatic carbocycles. The van der Waals surface area contributed by atoms with Crippen molar-refractivity contribution < 1.29 is 24.2 Å². The van der Waals surface area contributed by atoms with Crippen LogP contribution in [0.25, 0.3) is 6.08 Å². The quantitative estimate of drug-likeness (QED) is 0.417. The Labute approximate surface area is 171 Å². The van der Waals surface area contributed by atoms with Crippen LogP contribution in [-0.2, 0) is 16.2 Å². The molecule has 0 aliphatic rings. The molecule has 1 amide bonds. The van der Waals surface area contributed by atoms with Crippen LogP contribution in [0.2, 0.25) is 0 Å². The summed E-state index contributed by atoms with van der Waals surface area (Å²) in [6.07, 6.45) is 5.51. The van der Waals surface area contributed by atoms with E-state index in [4.69, 9.17) is 14.6 Å². The van der Waals surface area contributed by atoms with E-state index >= 15 is 0 Å². The van der Waals surface area contributed by atoms with Crippen LogP contribution in [0.1, 0.15) is 36.8 Å². The van der Waals surface area contributed by atoms with Crippen LogP contribution in [0.5, 0.6) is 11.5 Å². The lowest BCUT2D eigenvalue weighted by Gasteiger charge is -2.11. The van der Waals surface area contributed by atoms with E-state index in [0.29, 0.717) is 31.1 Å². The second-order valence-electron chi connectivity index (χ2n) is 6.51. The molecule has 0 atom stereocenters. The van der Waals surface area contributed by atoms with Gasteiger partial charge in [-0.05, 0) is 42.2 Å². The van der Waals surface area contributed by atoms with E-state index < -0.39 is 5.97 Å². The van der Waals surface area contributed by atoms with Crippen LogP contribution in [0.15, 0.2) is 54.6 Å². The first-order valence-electron chi connectivity index (χ1n) is 9.61. The molecule has 0 unspecified atom stereocenters. The number of carboxylic acids is 1. The summed E-state index contributed by atoms with van der Waals surface area (Å²) >= 11 is 0. The minimum atomic E-state index is -0.788. The number of hydrogen-bond acceptors (Lipinski definition) is 4. The highest BCUT2D eigenvalue weighted by Gasteiger charge is 2.06. The number of unbranched alkanes of at least 4 members (excludes halogenated alkanes) is 2. The number of amides is 1. The summed E-state index contributed by atoms with van der Waals surface area (Å²) in [4.78, 5) is 22.3. The molecule has 0 heterocycles. The van der Waals surface area contributed by atoms with Crippen LogP contribution in [0.3, 0.4) is 0 Å². The standard InChI is InChI=1S/C23H27NO5/c1-28-21-16-18(11-13-20(21)29-17-19-8-4-2-5-9-19)12-14-22(25)24-15-7-3-6-10-23(26)27/h2,4-5,8-9,11-14,16H,3,6-7,10,15,17H2,1H3,(H,24,25)(H,26,27)/b14-12+. The molecular weight excluding hydrogens is 370 g/mol. The van der Waals surface area contributed by atoms with Crippen LogP contribution in [-0.4, -0.2) is 30.6 Å². The largest absolute Gasteiger partial charge is 0.493 e. The van der Waals surface area contributed by atoms with Gasteiger partial charge >= 0.3 is 5.97 Å². The number of aliphatic carboxylic acids is 1. The summed E-state index contributed by atoms with van der Waals surface area (Å²) < 4.78 is 11.2. The van der Waals surface area contributed by atoms with E-state index in [-0.39, 0.29) is 12.3 Å². The smallest absolute Gasteiger partial charge is 0.303 e. The van der Waals surface area contributed by atoms with E-state index in [2.05, 4.69) is 5.32 Å². The van der Waals surface area contributed by atoms with Crippen molar-refractivity contribution in [3.8, 4) is 11.5 Å². The summed E-state index contributed by atoms with van der Waals surface area (Å²) in [6, 6.07) is 15.4. The minimum Gasteiger partial charge on any atom is -0.493 e. The SMILES string of the molecule is COc1cc(/C=C/C(=O)NCCCCCC(=O)O)ccc1OCc1ccccc1. The monoisotopic (exact) mass is 397 g/mol. The summed E-state index contributed by atoms with van der Waals surface area (Å²) in [7, 11) is 1.58. The number of carbonyl (C=O) groups excluding carboxylic acids is 1. The second-order valence-corrected chi connectivity index (χ2v) is 6.51. The van der Waals surface area contributed by atoms with Gasteiger partial charge in [-0.1, -0.05) is 42.8 Å². The minimum absolute atomic E-state index is 0.167. The van der Waals surface area contributed by atoms with Gasteiger partial charge in [-0.25, -0.2) is 0 Å². The van der Waals surface area contributed by atoms with Gasteiger partial charge in [0.05, 0.1) is 7.11 Å². The van der Waals surface area contributed by atoms with Gasteiger partial charge in [0.15, 0.2) is 11.5 Å². The van der Waals surface area contributed by atoms with Gasteiger partial charge in [-0.15, -0.1) is 0 Å². The molecule has 0 saturated heterocycles. The maximum absolute atomic E-state index is 11.9. The normalized spacial score (nSPS) is 10.7. The lowest BCUT2D eigenvalue weighted by molar-refractivity contribution is -0.137. The van der Waals surface area contributed by atoms with Crippen molar-refractivity contribution >= 4 is 18.0 Å². The number of carboxylic acid groups (broad SMARTS) is 1. The van der Waals surface area contributed by atoms with Crippen molar-refractivity contribution in [1.29, 1.82) is 0 Å². The highest BCUT2D eigenvalue weighted by atomic mass is 16.5. The highest BCUT2D eigenvalue weighted by Crippen LogP contribution is 2.29. The van der Waals surface area contributed by atoms with E-state index in [9.17, 15) is 9.59 Å². The maximum Gasteiger partial charge on any atom is 0.303 e. The molecular formula is C23H27NO5. The van der Waals surface area contributed by atoms with Crippen molar-refractivity contribution in [3.63, 3.8) is 0 Å². The van der Waals surface area contributed by atoms with Gasteiger partial charge in [0, 0.05) is 19.0 Å². The average Bonchev–Trinajstić information content (AvgIpc) is 2.74. The van der Waals surface area contributed by atoms with Crippen molar-refractivity contribution in [1.82, 2.24) is 5.32 Å². The van der Waals surface area contributed by atoms with E-state index in [1.165, 1.54) is 6.08 Å². The summed E-state index contributed by atoms with van der Waals surface area (Å²) in [5.74, 6) is 0.261.